The molecule has 3 aliphatic rings. The van der Waals surface area contributed by atoms with E-state index >= 15 is 0 Å². The first kappa shape index (κ1) is 30.1. The highest BCUT2D eigenvalue weighted by Gasteiger charge is 2.43. The van der Waals surface area contributed by atoms with Crippen LogP contribution in [-0.4, -0.2) is 61.1 Å². The fraction of sp³-hybridized carbons (Fsp3) is 1.00. The number of rotatable bonds is 19. The van der Waals surface area contributed by atoms with Crippen LogP contribution in [0.3, 0.4) is 0 Å². The van der Waals surface area contributed by atoms with Crippen molar-refractivity contribution in [2.75, 3.05) is 18.3 Å². The summed E-state index contributed by atoms with van der Waals surface area (Å²) in [6.45, 7) is 2.64. The summed E-state index contributed by atoms with van der Waals surface area (Å²) in [7, 11) is 1.71. The molecule has 0 aromatic carbocycles. The van der Waals surface area contributed by atoms with Gasteiger partial charge in [0.25, 0.3) is 0 Å². The Morgan fingerprint density at radius 3 is 1.94 bits per heavy atom. The molecule has 7 atom stereocenters. The van der Waals surface area contributed by atoms with E-state index in [0.29, 0.717) is 19.0 Å². The smallest absolute Gasteiger partial charge is 0.146 e. The van der Waals surface area contributed by atoms with Crippen molar-refractivity contribution in [2.45, 2.75) is 165 Å². The lowest BCUT2D eigenvalue weighted by atomic mass is 10.0. The lowest BCUT2D eigenvalue weighted by Crippen LogP contribution is -2.34. The number of ether oxygens (including phenoxy) is 5. The second-order valence-electron chi connectivity index (χ2n) is 11.0. The standard InChI is InChI=1S/C29H53IO5/c1-3-4-5-6-7-8-9-10-11-12-13-24(32-22-31-2)25-16-17-28(34-25)29-19-18-27(35-29)26-15-14-23(33-26)20-21-30/h23-29H,3-22H2,1-2H3/t23-,24-,25-,26-,27-,28-,29-/m1/s1. The Hall–Kier alpha value is 0.530. The van der Waals surface area contributed by atoms with E-state index in [-0.39, 0.29) is 30.5 Å². The first-order chi connectivity index (χ1) is 17.2. The van der Waals surface area contributed by atoms with E-state index in [1.54, 1.807) is 7.11 Å². The van der Waals surface area contributed by atoms with Crippen LogP contribution in [0.5, 0.6) is 0 Å². The van der Waals surface area contributed by atoms with Crippen molar-refractivity contribution in [3.05, 3.63) is 0 Å². The van der Waals surface area contributed by atoms with Crippen molar-refractivity contribution in [3.8, 4) is 0 Å². The molecule has 3 fully saturated rings. The van der Waals surface area contributed by atoms with Crippen molar-refractivity contribution in [2.24, 2.45) is 0 Å². The number of alkyl halides is 1. The summed E-state index contributed by atoms with van der Waals surface area (Å²) in [5.74, 6) is 0. The van der Waals surface area contributed by atoms with E-state index in [9.17, 15) is 0 Å². The average Bonchev–Trinajstić information content (AvgIpc) is 3.63. The Kier molecular flexibility index (Phi) is 15.4. The maximum Gasteiger partial charge on any atom is 0.146 e. The van der Waals surface area contributed by atoms with Crippen LogP contribution in [0.15, 0.2) is 0 Å². The maximum atomic E-state index is 6.57. The van der Waals surface area contributed by atoms with Gasteiger partial charge in [0.2, 0.25) is 0 Å². The van der Waals surface area contributed by atoms with E-state index in [4.69, 9.17) is 23.7 Å². The van der Waals surface area contributed by atoms with Crippen LogP contribution in [0.2, 0.25) is 0 Å². The third-order valence-electron chi connectivity index (χ3n) is 8.23. The molecule has 35 heavy (non-hydrogen) atoms. The molecule has 3 heterocycles. The molecule has 3 aliphatic heterocycles. The third kappa shape index (κ3) is 10.7. The van der Waals surface area contributed by atoms with Crippen molar-refractivity contribution < 1.29 is 23.7 Å². The van der Waals surface area contributed by atoms with Gasteiger partial charge in [0.15, 0.2) is 0 Å². The largest absolute Gasteiger partial charge is 0.372 e. The van der Waals surface area contributed by atoms with Crippen LogP contribution >= 0.6 is 22.6 Å². The Labute approximate surface area is 229 Å². The highest BCUT2D eigenvalue weighted by Crippen LogP contribution is 2.37. The van der Waals surface area contributed by atoms with Gasteiger partial charge < -0.3 is 23.7 Å². The second-order valence-corrected chi connectivity index (χ2v) is 12.1. The molecule has 0 aliphatic carbocycles. The molecule has 5 nitrogen and oxygen atoms in total. The summed E-state index contributed by atoms with van der Waals surface area (Å²) in [4.78, 5) is 0. The Morgan fingerprint density at radius 1 is 0.714 bits per heavy atom. The first-order valence-corrected chi connectivity index (χ1v) is 16.4. The molecule has 0 unspecified atom stereocenters. The van der Waals surface area contributed by atoms with E-state index in [0.717, 1.165) is 38.5 Å². The zero-order valence-corrected chi connectivity index (χ0v) is 24.8. The highest BCUT2D eigenvalue weighted by atomic mass is 127. The van der Waals surface area contributed by atoms with Gasteiger partial charge in [-0.3, -0.25) is 0 Å². The molecule has 3 saturated heterocycles. The van der Waals surface area contributed by atoms with Crippen molar-refractivity contribution >= 4 is 22.6 Å². The van der Waals surface area contributed by atoms with Crippen molar-refractivity contribution in [1.29, 1.82) is 0 Å². The molecule has 0 aromatic rings. The molecule has 0 N–H and O–H groups in total. The molecule has 0 radical (unpaired) electrons. The number of hydrogen-bond donors (Lipinski definition) is 0. The summed E-state index contributed by atoms with van der Waals surface area (Å²) in [6, 6.07) is 0. The van der Waals surface area contributed by atoms with E-state index in [1.165, 1.54) is 81.5 Å². The third-order valence-corrected chi connectivity index (χ3v) is 8.85. The molecular weight excluding hydrogens is 555 g/mol. The number of hydrogen-bond acceptors (Lipinski definition) is 5. The molecule has 206 valence electrons. The average molecular weight is 609 g/mol. The zero-order valence-electron chi connectivity index (χ0n) is 22.6. The molecular formula is C29H53IO5. The molecule has 6 heteroatoms. The number of unbranched alkanes of at least 4 members (excludes halogenated alkanes) is 9. The number of halogens is 1. The van der Waals surface area contributed by atoms with Gasteiger partial charge in [-0.2, -0.15) is 0 Å². The fourth-order valence-corrected chi connectivity index (χ4v) is 6.87. The van der Waals surface area contributed by atoms with Crippen LogP contribution in [0.1, 0.15) is 122 Å². The van der Waals surface area contributed by atoms with Gasteiger partial charge in [-0.1, -0.05) is 93.7 Å². The van der Waals surface area contributed by atoms with Gasteiger partial charge in [-0.05, 0) is 51.4 Å². The zero-order chi connectivity index (χ0) is 24.7. The van der Waals surface area contributed by atoms with Crippen molar-refractivity contribution in [3.63, 3.8) is 0 Å². The molecule has 0 bridgehead atoms. The van der Waals surface area contributed by atoms with Gasteiger partial charge in [0, 0.05) is 11.5 Å². The monoisotopic (exact) mass is 608 g/mol. The lowest BCUT2D eigenvalue weighted by Gasteiger charge is -2.26. The van der Waals surface area contributed by atoms with E-state index < -0.39 is 0 Å². The van der Waals surface area contributed by atoms with Crippen molar-refractivity contribution in [1.82, 2.24) is 0 Å². The molecule has 0 spiro atoms. The fourth-order valence-electron chi connectivity index (χ4n) is 6.18. The topological polar surface area (TPSA) is 46.2 Å². The number of methoxy groups -OCH3 is 1. The minimum atomic E-state index is 0.137. The van der Waals surface area contributed by atoms with Gasteiger partial charge in [-0.15, -0.1) is 0 Å². The minimum Gasteiger partial charge on any atom is -0.372 e. The summed E-state index contributed by atoms with van der Waals surface area (Å²) in [6.07, 6.45) is 24.3. The van der Waals surface area contributed by atoms with E-state index in [1.807, 2.05) is 0 Å². The molecule has 0 aromatic heterocycles. The predicted molar refractivity (Wildman–Crippen MR) is 150 cm³/mol. The summed E-state index contributed by atoms with van der Waals surface area (Å²) in [5, 5.41) is 0. The van der Waals surface area contributed by atoms with E-state index in [2.05, 4.69) is 29.5 Å². The molecule has 0 saturated carbocycles. The van der Waals surface area contributed by atoms with Crippen LogP contribution in [0, 0.1) is 0 Å². The van der Waals surface area contributed by atoms with Crippen LogP contribution in [0.4, 0.5) is 0 Å². The minimum absolute atomic E-state index is 0.137. The van der Waals surface area contributed by atoms with Gasteiger partial charge in [-0.25, -0.2) is 0 Å². The molecule has 3 rings (SSSR count). The highest BCUT2D eigenvalue weighted by molar-refractivity contribution is 14.1. The normalized spacial score (nSPS) is 32.0. The lowest BCUT2D eigenvalue weighted by molar-refractivity contribution is -0.147. The maximum absolute atomic E-state index is 6.57. The van der Waals surface area contributed by atoms with Gasteiger partial charge in [0.1, 0.15) is 6.79 Å². The summed E-state index contributed by atoms with van der Waals surface area (Å²) < 4.78 is 31.9. The summed E-state index contributed by atoms with van der Waals surface area (Å²) >= 11 is 2.45. The summed E-state index contributed by atoms with van der Waals surface area (Å²) in [5.41, 5.74) is 0. The Balaban J connectivity index is 1.32. The molecule has 0 amide bonds. The predicted octanol–water partition coefficient (Wildman–Crippen LogP) is 7.75. The SMILES string of the molecule is CCCCCCCCCCCC[C@@H](OCOC)[C@H]1CC[C@H]([C@H]2CC[C@H]([C@H]3CC[C@H](CCI)O3)O2)O1. The van der Waals surface area contributed by atoms with Gasteiger partial charge >= 0.3 is 0 Å². The van der Waals surface area contributed by atoms with Crippen LogP contribution < -0.4 is 0 Å². The first-order valence-electron chi connectivity index (χ1n) is 14.9. The quantitative estimate of drug-likeness (QED) is 0.0650. The second kappa shape index (κ2) is 17.9. The Bertz CT molecular complexity index is 535. The van der Waals surface area contributed by atoms with Crippen LogP contribution in [0.25, 0.3) is 0 Å². The van der Waals surface area contributed by atoms with Gasteiger partial charge in [0.05, 0.1) is 42.7 Å². The Morgan fingerprint density at radius 2 is 1.29 bits per heavy atom. The van der Waals surface area contributed by atoms with Crippen LogP contribution in [-0.2, 0) is 23.7 Å².